The fraction of sp³-hybridized carbons (Fsp3) is 0.700. The lowest BCUT2D eigenvalue weighted by molar-refractivity contribution is 0.119. The Balaban J connectivity index is 2.81. The van der Waals surface area contributed by atoms with Crippen molar-refractivity contribution in [3.05, 3.63) is 30.3 Å². The number of benzene rings is 1. The van der Waals surface area contributed by atoms with Gasteiger partial charge in [-0.3, -0.25) is 0 Å². The van der Waals surface area contributed by atoms with Crippen molar-refractivity contribution in [1.29, 1.82) is 0 Å². The Morgan fingerprint density at radius 1 is 0.750 bits per heavy atom. The van der Waals surface area contributed by atoms with Gasteiger partial charge in [0.2, 0.25) is 8.32 Å². The van der Waals surface area contributed by atoms with Gasteiger partial charge in [0.05, 0.1) is 0 Å². The Bertz CT molecular complexity index is 501. The first-order valence-electron chi connectivity index (χ1n) is 9.18. The van der Waals surface area contributed by atoms with Crippen molar-refractivity contribution in [2.75, 3.05) is 0 Å². The molecule has 0 heterocycles. The summed E-state index contributed by atoms with van der Waals surface area (Å²) in [6, 6.07) is 13.2. The molecule has 1 atom stereocenters. The van der Waals surface area contributed by atoms with E-state index < -0.39 is 16.6 Å². The van der Waals surface area contributed by atoms with Gasteiger partial charge in [-0.25, -0.2) is 0 Å². The molecule has 0 bridgehead atoms. The minimum Gasteiger partial charge on any atom is -0.413 e. The van der Waals surface area contributed by atoms with E-state index in [1.54, 1.807) is 0 Å². The lowest BCUT2D eigenvalue weighted by Crippen LogP contribution is -2.52. The van der Waals surface area contributed by atoms with Crippen molar-refractivity contribution < 1.29 is 8.85 Å². The van der Waals surface area contributed by atoms with Crippen LogP contribution in [-0.2, 0) is 8.85 Å². The van der Waals surface area contributed by atoms with Crippen LogP contribution >= 0.6 is 0 Å². The largest absolute Gasteiger partial charge is 0.413 e. The number of rotatable bonds is 7. The maximum atomic E-state index is 6.64. The molecule has 1 aromatic carbocycles. The second kappa shape index (κ2) is 7.85. The quantitative estimate of drug-likeness (QED) is 0.577. The predicted molar refractivity (Wildman–Crippen MR) is 111 cm³/mol. The van der Waals surface area contributed by atoms with Crippen molar-refractivity contribution in [3.8, 4) is 0 Å². The van der Waals surface area contributed by atoms with Gasteiger partial charge in [0.15, 0.2) is 8.32 Å². The first-order valence-corrected chi connectivity index (χ1v) is 14.9. The summed E-state index contributed by atoms with van der Waals surface area (Å²) in [7, 11) is -3.58. The van der Waals surface area contributed by atoms with Crippen LogP contribution in [0.25, 0.3) is 0 Å². The minimum atomic E-state index is -1.95. The third kappa shape index (κ3) is 8.10. The summed E-state index contributed by atoms with van der Waals surface area (Å²) in [6.07, 6.45) is 1.18. The average Bonchev–Trinajstić information content (AvgIpc) is 2.34. The van der Waals surface area contributed by atoms with E-state index in [1.807, 2.05) is 0 Å². The van der Waals surface area contributed by atoms with Crippen LogP contribution in [0.1, 0.15) is 48.0 Å². The van der Waals surface area contributed by atoms with E-state index in [1.165, 1.54) is 17.7 Å². The molecular weight excluding hydrogens is 328 g/mol. The molecular formula is C20H38O2Si2. The van der Waals surface area contributed by atoms with E-state index in [2.05, 4.69) is 91.5 Å². The molecule has 0 saturated heterocycles. The van der Waals surface area contributed by atoms with Crippen LogP contribution in [0.15, 0.2) is 30.3 Å². The molecule has 0 fully saturated rings. The second-order valence-electron chi connectivity index (χ2n) is 9.64. The third-order valence-corrected chi connectivity index (χ3v) is 10.6. The van der Waals surface area contributed by atoms with Crippen molar-refractivity contribution in [1.82, 2.24) is 0 Å². The molecule has 0 amide bonds. The number of hydrogen-bond donors (Lipinski definition) is 0. The van der Waals surface area contributed by atoms with Crippen LogP contribution in [0.2, 0.25) is 31.7 Å². The van der Waals surface area contributed by atoms with Gasteiger partial charge in [-0.05, 0) is 78.5 Å². The maximum Gasteiger partial charge on any atom is 0.221 e. The third-order valence-electron chi connectivity index (χ3n) is 3.93. The molecule has 0 radical (unpaired) electrons. The van der Waals surface area contributed by atoms with Crippen LogP contribution in [0.3, 0.4) is 0 Å². The fourth-order valence-electron chi connectivity index (χ4n) is 3.45. The van der Waals surface area contributed by atoms with E-state index in [0.717, 1.165) is 6.04 Å². The van der Waals surface area contributed by atoms with E-state index in [9.17, 15) is 0 Å². The highest BCUT2D eigenvalue weighted by atomic mass is 28.4. The van der Waals surface area contributed by atoms with Gasteiger partial charge in [-0.2, -0.15) is 0 Å². The molecule has 24 heavy (non-hydrogen) atoms. The SMILES string of the molecule is CC(C)(C)O[Si](C)(C)CCC[Si](C)(OC(C)(C)C)c1ccccc1. The van der Waals surface area contributed by atoms with Gasteiger partial charge in [-0.1, -0.05) is 36.8 Å². The Labute approximate surface area is 152 Å². The van der Waals surface area contributed by atoms with Crippen LogP contribution in [0.4, 0.5) is 0 Å². The summed E-state index contributed by atoms with van der Waals surface area (Å²) in [6.45, 7) is 20.0. The molecule has 0 spiro atoms. The monoisotopic (exact) mass is 366 g/mol. The summed E-state index contributed by atoms with van der Waals surface area (Å²) in [5, 5.41) is 1.40. The molecule has 1 unspecified atom stereocenters. The van der Waals surface area contributed by atoms with Gasteiger partial charge in [0.25, 0.3) is 0 Å². The molecule has 0 saturated carbocycles. The highest BCUT2D eigenvalue weighted by molar-refractivity contribution is 6.85. The molecule has 0 aliphatic heterocycles. The Hall–Kier alpha value is -0.426. The zero-order valence-corrected chi connectivity index (χ0v) is 19.3. The molecule has 0 aromatic heterocycles. The zero-order valence-electron chi connectivity index (χ0n) is 17.3. The Morgan fingerprint density at radius 3 is 1.71 bits per heavy atom. The van der Waals surface area contributed by atoms with Gasteiger partial charge < -0.3 is 8.85 Å². The Morgan fingerprint density at radius 2 is 1.25 bits per heavy atom. The van der Waals surface area contributed by atoms with Crippen molar-refractivity contribution in [2.24, 2.45) is 0 Å². The van der Waals surface area contributed by atoms with E-state index in [-0.39, 0.29) is 11.2 Å². The molecule has 138 valence electrons. The van der Waals surface area contributed by atoms with Crippen LogP contribution < -0.4 is 5.19 Å². The van der Waals surface area contributed by atoms with Crippen molar-refractivity contribution in [2.45, 2.75) is 90.9 Å². The highest BCUT2D eigenvalue weighted by Crippen LogP contribution is 2.27. The van der Waals surface area contributed by atoms with Gasteiger partial charge in [0, 0.05) is 11.2 Å². The predicted octanol–water partition coefficient (Wildman–Crippen LogP) is 5.69. The molecule has 1 aromatic rings. The van der Waals surface area contributed by atoms with Crippen LogP contribution in [-0.4, -0.2) is 27.8 Å². The lowest BCUT2D eigenvalue weighted by Gasteiger charge is -2.37. The number of hydrogen-bond acceptors (Lipinski definition) is 2. The highest BCUT2D eigenvalue weighted by Gasteiger charge is 2.37. The second-order valence-corrected chi connectivity index (χ2v) is 17.6. The smallest absolute Gasteiger partial charge is 0.221 e. The summed E-state index contributed by atoms with van der Waals surface area (Å²) in [5.74, 6) is 0. The van der Waals surface area contributed by atoms with E-state index in [4.69, 9.17) is 8.85 Å². The normalized spacial score (nSPS) is 16.0. The standard InChI is InChI=1S/C20H38O2Si2/c1-19(2,3)21-23(7,8)16-13-17-24(9,22-20(4,5)6)18-14-11-10-12-15-18/h10-12,14-15H,13,16-17H2,1-9H3. The summed E-state index contributed by atoms with van der Waals surface area (Å²) >= 11 is 0. The molecule has 1 rings (SSSR count). The molecule has 2 nitrogen and oxygen atoms in total. The van der Waals surface area contributed by atoms with E-state index in [0.29, 0.717) is 0 Å². The summed E-state index contributed by atoms with van der Waals surface area (Å²) in [4.78, 5) is 0. The van der Waals surface area contributed by atoms with Crippen LogP contribution in [0, 0.1) is 0 Å². The van der Waals surface area contributed by atoms with Crippen molar-refractivity contribution in [3.63, 3.8) is 0 Å². The topological polar surface area (TPSA) is 18.5 Å². The lowest BCUT2D eigenvalue weighted by atomic mass is 10.2. The van der Waals surface area contributed by atoms with Gasteiger partial charge in [-0.15, -0.1) is 0 Å². The molecule has 4 heteroatoms. The van der Waals surface area contributed by atoms with Crippen LogP contribution in [0.5, 0.6) is 0 Å². The van der Waals surface area contributed by atoms with Gasteiger partial charge >= 0.3 is 0 Å². The first kappa shape index (κ1) is 21.6. The average molecular weight is 367 g/mol. The van der Waals surface area contributed by atoms with E-state index >= 15 is 0 Å². The molecule has 0 N–H and O–H groups in total. The summed E-state index contributed by atoms with van der Waals surface area (Å²) in [5.41, 5.74) is -0.149. The molecule has 0 aliphatic rings. The zero-order chi connectivity index (χ0) is 18.6. The Kier molecular flexibility index (Phi) is 7.07. The van der Waals surface area contributed by atoms with Gasteiger partial charge in [0.1, 0.15) is 0 Å². The molecule has 0 aliphatic carbocycles. The maximum absolute atomic E-state index is 6.64. The fourth-order valence-corrected chi connectivity index (χ4v) is 10.2. The first-order chi connectivity index (χ1) is 10.7. The van der Waals surface area contributed by atoms with Crippen molar-refractivity contribution >= 4 is 21.8 Å². The summed E-state index contributed by atoms with van der Waals surface area (Å²) < 4.78 is 13.0. The minimum absolute atomic E-state index is 0.0439.